The maximum absolute atomic E-state index is 11.0. The van der Waals surface area contributed by atoms with Crippen LogP contribution in [0.1, 0.15) is 12.0 Å². The van der Waals surface area contributed by atoms with Crippen molar-refractivity contribution >= 4 is 34.7 Å². The fourth-order valence-corrected chi connectivity index (χ4v) is 1.68. The summed E-state index contributed by atoms with van der Waals surface area (Å²) in [6.45, 7) is 0.294. The van der Waals surface area contributed by atoms with Gasteiger partial charge in [-0.25, -0.2) is 0 Å². The first-order valence-electron chi connectivity index (χ1n) is 4.97. The van der Waals surface area contributed by atoms with E-state index < -0.39 is 0 Å². The van der Waals surface area contributed by atoms with Gasteiger partial charge in [-0.15, -0.1) is 0 Å². The third-order valence-electron chi connectivity index (χ3n) is 2.08. The van der Waals surface area contributed by atoms with Gasteiger partial charge in [0.15, 0.2) is 0 Å². The summed E-state index contributed by atoms with van der Waals surface area (Å²) in [5.41, 5.74) is 6.09. The first kappa shape index (κ1) is 13.7. The second-order valence-electron chi connectivity index (χ2n) is 3.28. The zero-order valence-electron chi connectivity index (χ0n) is 9.33. The van der Waals surface area contributed by atoms with Crippen molar-refractivity contribution in [1.29, 1.82) is 0 Å². The van der Waals surface area contributed by atoms with Crippen LogP contribution in [0.3, 0.4) is 0 Å². The molecule has 6 heteroatoms. The molecule has 0 heterocycles. The molecule has 0 atom stereocenters. The Morgan fingerprint density at radius 3 is 2.82 bits per heavy atom. The summed E-state index contributed by atoms with van der Waals surface area (Å²) in [4.78, 5) is 11.2. The standard InChI is InChI=1S/C11H13ClN2O2S/c1-14-10(15)4-5-16-7-2-3-8(11(13)17)9(12)6-7/h2-3,6H,4-5H2,1H3,(H2,13,17)(H,14,15). The lowest BCUT2D eigenvalue weighted by Crippen LogP contribution is -2.20. The van der Waals surface area contributed by atoms with Crippen LogP contribution in [0.25, 0.3) is 0 Å². The lowest BCUT2D eigenvalue weighted by Gasteiger charge is -2.08. The molecule has 17 heavy (non-hydrogen) atoms. The molecule has 1 rings (SSSR count). The smallest absolute Gasteiger partial charge is 0.223 e. The number of amides is 1. The van der Waals surface area contributed by atoms with Crippen molar-refractivity contribution in [2.75, 3.05) is 13.7 Å². The van der Waals surface area contributed by atoms with Crippen LogP contribution in [0.15, 0.2) is 18.2 Å². The summed E-state index contributed by atoms with van der Waals surface area (Å²) in [6.07, 6.45) is 0.297. The number of nitrogens with two attached hydrogens (primary N) is 1. The normalized spacial score (nSPS) is 9.76. The number of hydrogen-bond donors (Lipinski definition) is 2. The zero-order chi connectivity index (χ0) is 12.8. The van der Waals surface area contributed by atoms with Crippen molar-refractivity contribution in [3.05, 3.63) is 28.8 Å². The van der Waals surface area contributed by atoms with E-state index in [1.165, 1.54) is 0 Å². The Bertz CT molecular complexity index is 437. The van der Waals surface area contributed by atoms with E-state index in [9.17, 15) is 4.79 Å². The molecule has 0 aliphatic carbocycles. The third kappa shape index (κ3) is 4.20. The Kier molecular flexibility index (Phi) is 5.18. The van der Waals surface area contributed by atoms with Crippen LogP contribution in [0, 0.1) is 0 Å². The molecular weight excluding hydrogens is 260 g/mol. The van der Waals surface area contributed by atoms with Crippen LogP contribution in [0.4, 0.5) is 0 Å². The number of hydrogen-bond acceptors (Lipinski definition) is 3. The SMILES string of the molecule is CNC(=O)CCOc1ccc(C(N)=S)c(Cl)c1. The fourth-order valence-electron chi connectivity index (χ4n) is 1.17. The number of rotatable bonds is 5. The van der Waals surface area contributed by atoms with Crippen LogP contribution in [0.5, 0.6) is 5.75 Å². The largest absolute Gasteiger partial charge is 0.493 e. The Hall–Kier alpha value is -1.33. The molecule has 0 aliphatic heterocycles. The molecule has 1 aromatic carbocycles. The van der Waals surface area contributed by atoms with Crippen LogP contribution in [-0.2, 0) is 4.79 Å². The first-order valence-corrected chi connectivity index (χ1v) is 5.76. The average Bonchev–Trinajstić information content (AvgIpc) is 2.28. The van der Waals surface area contributed by atoms with E-state index in [2.05, 4.69) is 5.32 Å². The van der Waals surface area contributed by atoms with Gasteiger partial charge in [-0.1, -0.05) is 23.8 Å². The molecule has 0 bridgehead atoms. The summed E-state index contributed by atoms with van der Waals surface area (Å²) >= 11 is 10.8. The van der Waals surface area contributed by atoms with E-state index in [-0.39, 0.29) is 10.9 Å². The monoisotopic (exact) mass is 272 g/mol. The minimum absolute atomic E-state index is 0.0733. The summed E-state index contributed by atoms with van der Waals surface area (Å²) < 4.78 is 5.36. The van der Waals surface area contributed by atoms with E-state index in [1.807, 2.05) is 0 Å². The van der Waals surface area contributed by atoms with E-state index in [0.717, 1.165) is 0 Å². The van der Waals surface area contributed by atoms with Crippen molar-refractivity contribution in [3.8, 4) is 5.75 Å². The minimum atomic E-state index is -0.0733. The van der Waals surface area contributed by atoms with Crippen molar-refractivity contribution in [2.24, 2.45) is 5.73 Å². The Morgan fingerprint density at radius 1 is 1.59 bits per heavy atom. The van der Waals surface area contributed by atoms with Crippen LogP contribution < -0.4 is 15.8 Å². The topological polar surface area (TPSA) is 64.3 Å². The Balaban J connectivity index is 2.59. The summed E-state index contributed by atoms with van der Waals surface area (Å²) in [5.74, 6) is 0.509. The lowest BCUT2D eigenvalue weighted by atomic mass is 10.2. The Morgan fingerprint density at radius 2 is 2.29 bits per heavy atom. The molecule has 0 spiro atoms. The van der Waals surface area contributed by atoms with Gasteiger partial charge in [-0.3, -0.25) is 4.79 Å². The van der Waals surface area contributed by atoms with E-state index >= 15 is 0 Å². The van der Waals surface area contributed by atoms with Gasteiger partial charge in [0.1, 0.15) is 10.7 Å². The first-order chi connectivity index (χ1) is 8.04. The molecule has 0 fully saturated rings. The number of ether oxygens (including phenoxy) is 1. The lowest BCUT2D eigenvalue weighted by molar-refractivity contribution is -0.121. The second kappa shape index (κ2) is 6.42. The molecular formula is C11H13ClN2O2S. The van der Waals surface area contributed by atoms with Gasteiger partial charge in [0.05, 0.1) is 18.1 Å². The number of nitrogens with one attached hydrogen (secondary N) is 1. The molecule has 1 aromatic rings. The molecule has 0 unspecified atom stereocenters. The minimum Gasteiger partial charge on any atom is -0.493 e. The molecule has 0 saturated carbocycles. The molecule has 1 amide bonds. The van der Waals surface area contributed by atoms with Crippen LogP contribution in [-0.4, -0.2) is 24.6 Å². The summed E-state index contributed by atoms with van der Waals surface area (Å²) in [6, 6.07) is 5.03. The number of benzene rings is 1. The van der Waals surface area contributed by atoms with Crippen molar-refractivity contribution in [2.45, 2.75) is 6.42 Å². The third-order valence-corrected chi connectivity index (χ3v) is 2.62. The maximum Gasteiger partial charge on any atom is 0.223 e. The van der Waals surface area contributed by atoms with Gasteiger partial charge in [-0.2, -0.15) is 0 Å². The summed E-state index contributed by atoms with van der Waals surface area (Å²) in [7, 11) is 1.58. The molecule has 0 saturated heterocycles. The molecule has 4 nitrogen and oxygen atoms in total. The van der Waals surface area contributed by atoms with E-state index in [1.54, 1.807) is 25.2 Å². The van der Waals surface area contributed by atoms with E-state index in [4.69, 9.17) is 34.3 Å². The zero-order valence-corrected chi connectivity index (χ0v) is 10.9. The summed E-state index contributed by atoms with van der Waals surface area (Å²) in [5, 5.41) is 2.95. The predicted molar refractivity (Wildman–Crippen MR) is 71.5 cm³/mol. The number of thiocarbonyl (C=S) groups is 1. The molecule has 0 aliphatic rings. The molecule has 92 valence electrons. The highest BCUT2D eigenvalue weighted by atomic mass is 35.5. The average molecular weight is 273 g/mol. The van der Waals surface area contributed by atoms with Crippen LogP contribution >= 0.6 is 23.8 Å². The van der Waals surface area contributed by atoms with Gasteiger partial charge < -0.3 is 15.8 Å². The van der Waals surface area contributed by atoms with Crippen molar-refractivity contribution < 1.29 is 9.53 Å². The predicted octanol–water partition coefficient (Wildman–Crippen LogP) is 1.49. The van der Waals surface area contributed by atoms with Crippen molar-refractivity contribution in [3.63, 3.8) is 0 Å². The van der Waals surface area contributed by atoms with Crippen LogP contribution in [0.2, 0.25) is 5.02 Å². The van der Waals surface area contributed by atoms with Gasteiger partial charge >= 0.3 is 0 Å². The second-order valence-corrected chi connectivity index (χ2v) is 4.12. The molecule has 0 aromatic heterocycles. The van der Waals surface area contributed by atoms with Crippen molar-refractivity contribution in [1.82, 2.24) is 5.32 Å². The van der Waals surface area contributed by atoms with Gasteiger partial charge in [0, 0.05) is 12.6 Å². The highest BCUT2D eigenvalue weighted by Crippen LogP contribution is 2.22. The van der Waals surface area contributed by atoms with E-state index in [0.29, 0.717) is 29.4 Å². The number of carbonyl (C=O) groups is 1. The molecule has 0 radical (unpaired) electrons. The highest BCUT2D eigenvalue weighted by molar-refractivity contribution is 7.80. The number of carbonyl (C=O) groups excluding carboxylic acids is 1. The highest BCUT2D eigenvalue weighted by Gasteiger charge is 2.05. The molecule has 3 N–H and O–H groups in total. The van der Waals surface area contributed by atoms with Gasteiger partial charge in [-0.05, 0) is 18.2 Å². The Labute approximate surface area is 110 Å². The van der Waals surface area contributed by atoms with Gasteiger partial charge in [0.2, 0.25) is 5.91 Å². The van der Waals surface area contributed by atoms with Gasteiger partial charge in [0.25, 0.3) is 0 Å². The quantitative estimate of drug-likeness (QED) is 0.797. The number of halogens is 1. The fraction of sp³-hybridized carbons (Fsp3) is 0.273. The maximum atomic E-state index is 11.0.